The van der Waals surface area contributed by atoms with E-state index in [1.807, 2.05) is 24.3 Å². The highest BCUT2D eigenvalue weighted by Gasteiger charge is 2.22. The van der Waals surface area contributed by atoms with Gasteiger partial charge < -0.3 is 4.57 Å². The van der Waals surface area contributed by atoms with Crippen LogP contribution in [0, 0.1) is 0 Å². The van der Waals surface area contributed by atoms with Crippen molar-refractivity contribution in [3.05, 3.63) is 72.4 Å². The van der Waals surface area contributed by atoms with E-state index in [2.05, 4.69) is 47.2 Å². The minimum Gasteiger partial charge on any atom is -0.342 e. The van der Waals surface area contributed by atoms with E-state index in [1.54, 1.807) is 0 Å². The topological polar surface area (TPSA) is 30.7 Å². The molecular formula is C21H13N3. The standard InChI is InChI=1S/C21H13N3/c1-2-6-14-13(5-1)11-24-12-16-15(21(14)24)9-10-19-20(16)23-18-8-4-3-7-17(18)22-19/h1-10,12H,11H2. The molecule has 0 N–H and O–H groups in total. The Balaban J connectivity index is 1.76. The second-order valence-corrected chi connectivity index (χ2v) is 6.37. The first-order valence-corrected chi connectivity index (χ1v) is 8.15. The third-order valence-corrected chi connectivity index (χ3v) is 4.99. The van der Waals surface area contributed by atoms with E-state index >= 15 is 0 Å². The molecule has 0 radical (unpaired) electrons. The largest absolute Gasteiger partial charge is 0.342 e. The van der Waals surface area contributed by atoms with Crippen LogP contribution in [0.4, 0.5) is 0 Å². The summed E-state index contributed by atoms with van der Waals surface area (Å²) in [5.41, 5.74) is 7.87. The molecule has 24 heavy (non-hydrogen) atoms. The van der Waals surface area contributed by atoms with Gasteiger partial charge in [0.25, 0.3) is 0 Å². The van der Waals surface area contributed by atoms with Crippen LogP contribution in [0.15, 0.2) is 66.9 Å². The van der Waals surface area contributed by atoms with Crippen molar-refractivity contribution in [3.8, 4) is 11.3 Å². The first-order valence-electron chi connectivity index (χ1n) is 8.15. The Bertz CT molecular complexity index is 1280. The van der Waals surface area contributed by atoms with Crippen molar-refractivity contribution in [2.24, 2.45) is 0 Å². The van der Waals surface area contributed by atoms with Crippen LogP contribution in [0.25, 0.3) is 44.1 Å². The van der Waals surface area contributed by atoms with Crippen molar-refractivity contribution in [3.63, 3.8) is 0 Å². The molecule has 3 aromatic carbocycles. The Morgan fingerprint density at radius 3 is 2.42 bits per heavy atom. The first kappa shape index (κ1) is 12.3. The van der Waals surface area contributed by atoms with Crippen LogP contribution >= 0.6 is 0 Å². The summed E-state index contributed by atoms with van der Waals surface area (Å²) in [5, 5.41) is 2.45. The smallest absolute Gasteiger partial charge is 0.0988 e. The summed E-state index contributed by atoms with van der Waals surface area (Å²) in [6, 6.07) is 21.0. The number of hydrogen-bond acceptors (Lipinski definition) is 2. The van der Waals surface area contributed by atoms with Crippen molar-refractivity contribution >= 4 is 32.8 Å². The molecule has 0 bridgehead atoms. The van der Waals surface area contributed by atoms with Gasteiger partial charge in [-0.25, -0.2) is 9.97 Å². The molecule has 6 rings (SSSR count). The highest BCUT2D eigenvalue weighted by atomic mass is 15.0. The molecule has 0 saturated carbocycles. The van der Waals surface area contributed by atoms with Crippen LogP contribution in [0.2, 0.25) is 0 Å². The van der Waals surface area contributed by atoms with E-state index in [0.29, 0.717) is 0 Å². The summed E-state index contributed by atoms with van der Waals surface area (Å²) >= 11 is 0. The second kappa shape index (κ2) is 4.20. The normalized spacial score (nSPS) is 12.8. The Morgan fingerprint density at radius 2 is 1.50 bits per heavy atom. The number of rotatable bonds is 0. The molecule has 1 aliphatic heterocycles. The van der Waals surface area contributed by atoms with Crippen LogP contribution in [0.1, 0.15) is 5.56 Å². The zero-order chi connectivity index (χ0) is 15.7. The number of benzene rings is 3. The predicted octanol–water partition coefficient (Wildman–Crippen LogP) is 4.77. The van der Waals surface area contributed by atoms with Crippen molar-refractivity contribution in [2.45, 2.75) is 6.54 Å². The minimum atomic E-state index is 0.933. The molecule has 1 aliphatic rings. The highest BCUT2D eigenvalue weighted by Crippen LogP contribution is 2.40. The van der Waals surface area contributed by atoms with E-state index in [1.165, 1.54) is 27.6 Å². The lowest BCUT2D eigenvalue weighted by atomic mass is 10.0. The summed E-state index contributed by atoms with van der Waals surface area (Å²) in [5.74, 6) is 0. The summed E-state index contributed by atoms with van der Waals surface area (Å²) in [7, 11) is 0. The molecule has 3 heteroatoms. The maximum Gasteiger partial charge on any atom is 0.0988 e. The van der Waals surface area contributed by atoms with Crippen LogP contribution in [0.3, 0.4) is 0 Å². The lowest BCUT2D eigenvalue weighted by Gasteiger charge is -2.03. The van der Waals surface area contributed by atoms with E-state index < -0.39 is 0 Å². The van der Waals surface area contributed by atoms with Gasteiger partial charge in [0.05, 0.1) is 27.8 Å². The van der Waals surface area contributed by atoms with Crippen LogP contribution in [0.5, 0.6) is 0 Å². The van der Waals surface area contributed by atoms with Crippen LogP contribution in [-0.2, 0) is 6.54 Å². The molecule has 5 aromatic rings. The number of nitrogens with zero attached hydrogens (tertiary/aromatic N) is 3. The lowest BCUT2D eigenvalue weighted by molar-refractivity contribution is 0.856. The Kier molecular flexibility index (Phi) is 2.15. The Labute approximate surface area is 138 Å². The molecule has 0 saturated heterocycles. The molecule has 0 aliphatic carbocycles. The summed E-state index contributed by atoms with van der Waals surface area (Å²) < 4.78 is 2.34. The van der Waals surface area contributed by atoms with E-state index in [4.69, 9.17) is 9.97 Å². The lowest BCUT2D eigenvalue weighted by Crippen LogP contribution is -1.89. The van der Waals surface area contributed by atoms with Gasteiger partial charge in [-0.05, 0) is 29.8 Å². The third kappa shape index (κ3) is 1.46. The van der Waals surface area contributed by atoms with Crippen LogP contribution < -0.4 is 0 Å². The van der Waals surface area contributed by atoms with Crippen LogP contribution in [-0.4, -0.2) is 14.5 Å². The molecule has 0 amide bonds. The maximum atomic E-state index is 4.90. The van der Waals surface area contributed by atoms with Gasteiger partial charge in [-0.15, -0.1) is 0 Å². The molecule has 112 valence electrons. The Morgan fingerprint density at radius 1 is 0.708 bits per heavy atom. The van der Waals surface area contributed by atoms with Crippen molar-refractivity contribution in [1.82, 2.24) is 14.5 Å². The molecular weight excluding hydrogens is 294 g/mol. The molecule has 0 fully saturated rings. The fraction of sp³-hybridized carbons (Fsp3) is 0.0476. The van der Waals surface area contributed by atoms with Gasteiger partial charge in [-0.3, -0.25) is 0 Å². The zero-order valence-electron chi connectivity index (χ0n) is 12.9. The quantitative estimate of drug-likeness (QED) is 0.379. The minimum absolute atomic E-state index is 0.933. The Hall–Kier alpha value is -3.20. The molecule has 3 nitrogen and oxygen atoms in total. The third-order valence-electron chi connectivity index (χ3n) is 4.99. The van der Waals surface area contributed by atoms with Gasteiger partial charge in [-0.1, -0.05) is 36.4 Å². The molecule has 0 unspecified atom stereocenters. The van der Waals surface area contributed by atoms with Gasteiger partial charge in [0.15, 0.2) is 0 Å². The van der Waals surface area contributed by atoms with Crippen molar-refractivity contribution < 1.29 is 0 Å². The average molecular weight is 307 g/mol. The monoisotopic (exact) mass is 307 g/mol. The second-order valence-electron chi connectivity index (χ2n) is 6.37. The van der Waals surface area contributed by atoms with E-state index in [0.717, 1.165) is 28.6 Å². The maximum absolute atomic E-state index is 4.90. The summed E-state index contributed by atoms with van der Waals surface area (Å²) in [6.07, 6.45) is 2.23. The molecule has 0 atom stereocenters. The fourth-order valence-electron chi connectivity index (χ4n) is 3.92. The van der Waals surface area contributed by atoms with Crippen molar-refractivity contribution in [2.75, 3.05) is 0 Å². The molecule has 3 heterocycles. The summed E-state index contributed by atoms with van der Waals surface area (Å²) in [4.78, 5) is 9.68. The van der Waals surface area contributed by atoms with Crippen molar-refractivity contribution in [1.29, 1.82) is 0 Å². The van der Waals surface area contributed by atoms with E-state index in [-0.39, 0.29) is 0 Å². The fourth-order valence-corrected chi connectivity index (χ4v) is 3.92. The zero-order valence-corrected chi connectivity index (χ0v) is 12.9. The first-order chi connectivity index (χ1) is 11.9. The number of aromatic nitrogens is 3. The summed E-state index contributed by atoms with van der Waals surface area (Å²) in [6.45, 7) is 0.933. The number of para-hydroxylation sites is 2. The number of hydrogen-bond donors (Lipinski definition) is 0. The number of fused-ring (bicyclic) bond motifs is 8. The molecule has 0 spiro atoms. The van der Waals surface area contributed by atoms with E-state index in [9.17, 15) is 0 Å². The molecule has 2 aromatic heterocycles. The van der Waals surface area contributed by atoms with Gasteiger partial charge in [-0.2, -0.15) is 0 Å². The average Bonchev–Trinajstić information content (AvgIpc) is 3.16. The predicted molar refractivity (Wildman–Crippen MR) is 97.1 cm³/mol. The van der Waals surface area contributed by atoms with Gasteiger partial charge in [0, 0.05) is 29.1 Å². The van der Waals surface area contributed by atoms with Gasteiger partial charge in [0.1, 0.15) is 0 Å². The van der Waals surface area contributed by atoms with Gasteiger partial charge in [0.2, 0.25) is 0 Å². The van der Waals surface area contributed by atoms with Gasteiger partial charge >= 0.3 is 0 Å². The highest BCUT2D eigenvalue weighted by molar-refractivity contribution is 6.11. The SMILES string of the molecule is c1ccc2c(c1)Cn1cc3c(ccc4nc5ccccc5nc43)c1-2.